The highest BCUT2D eigenvalue weighted by Crippen LogP contribution is 2.42. The van der Waals surface area contributed by atoms with Gasteiger partial charge in [-0.2, -0.15) is 0 Å². The standard InChI is InChI=1S/C16H20O6/c1-5-9-8-22-16(18)13(9)14(17)10-6-11(19-2)15(21-4)12(7-10)20-3/h5-7,9,13-14,17H,1,8H2,2-4H3/t9-,13-,14?/m0/s1/i2D3,3D3,4D3. The Hall–Kier alpha value is -2.21. The van der Waals surface area contributed by atoms with Crippen molar-refractivity contribution >= 4 is 5.97 Å². The molecule has 1 unspecified atom stereocenters. The van der Waals surface area contributed by atoms with Crippen molar-refractivity contribution in [2.75, 3.05) is 27.7 Å². The molecule has 1 aliphatic heterocycles. The largest absolute Gasteiger partial charge is 0.493 e. The molecule has 1 aromatic carbocycles. The van der Waals surface area contributed by atoms with Crippen LogP contribution in [0.1, 0.15) is 24.0 Å². The van der Waals surface area contributed by atoms with Crippen molar-refractivity contribution in [1.82, 2.24) is 0 Å². The van der Waals surface area contributed by atoms with Gasteiger partial charge in [-0.05, 0) is 17.7 Å². The van der Waals surface area contributed by atoms with Crippen molar-refractivity contribution in [3.8, 4) is 17.2 Å². The number of carbonyl (C=O) groups is 1. The molecule has 0 aliphatic carbocycles. The number of benzene rings is 1. The van der Waals surface area contributed by atoms with Crippen molar-refractivity contribution in [3.05, 3.63) is 30.4 Å². The molecule has 1 aliphatic rings. The minimum Gasteiger partial charge on any atom is -0.493 e. The average Bonchev–Trinajstić information content (AvgIpc) is 2.93. The Labute approximate surface area is 141 Å². The molecular formula is C16H20O6. The SMILES string of the molecule is [2H]C([2H])([2H])Oc1cc(C(O)[C@H]2C(=O)OC[C@@H]2C=C)cc(OC([2H])([2H])[2H])c1OC([2H])([2H])[2H]. The van der Waals surface area contributed by atoms with E-state index in [1.807, 2.05) is 0 Å². The quantitative estimate of drug-likeness (QED) is 0.636. The summed E-state index contributed by atoms with van der Waals surface area (Å²) in [5, 5.41) is 10.8. The average molecular weight is 317 g/mol. The van der Waals surface area contributed by atoms with Crippen LogP contribution in [0.3, 0.4) is 0 Å². The summed E-state index contributed by atoms with van der Waals surface area (Å²) in [6.07, 6.45) is -0.220. The van der Waals surface area contributed by atoms with Crippen LogP contribution in [-0.4, -0.2) is 38.8 Å². The van der Waals surface area contributed by atoms with Gasteiger partial charge < -0.3 is 24.1 Å². The summed E-state index contributed by atoms with van der Waals surface area (Å²) in [7, 11) is -9.31. The van der Waals surface area contributed by atoms with Gasteiger partial charge in [-0.1, -0.05) is 6.08 Å². The van der Waals surface area contributed by atoms with Crippen LogP contribution in [0.2, 0.25) is 0 Å². The zero-order valence-corrected chi connectivity index (χ0v) is 11.4. The maximum absolute atomic E-state index is 12.1. The van der Waals surface area contributed by atoms with E-state index in [2.05, 4.69) is 6.58 Å². The number of cyclic esters (lactones) is 1. The Kier molecular flexibility index (Phi) is 2.40. The second-order valence-electron chi connectivity index (χ2n) is 4.65. The normalized spacial score (nSPS) is 29.7. The fourth-order valence-electron chi connectivity index (χ4n) is 2.36. The summed E-state index contributed by atoms with van der Waals surface area (Å²) in [6, 6.07) is 1.85. The van der Waals surface area contributed by atoms with E-state index in [9.17, 15) is 9.90 Å². The molecule has 0 aromatic heterocycles. The predicted molar refractivity (Wildman–Crippen MR) is 79.2 cm³/mol. The van der Waals surface area contributed by atoms with Crippen LogP contribution in [-0.2, 0) is 9.53 Å². The van der Waals surface area contributed by atoms with Gasteiger partial charge in [0.1, 0.15) is 0 Å². The van der Waals surface area contributed by atoms with E-state index >= 15 is 0 Å². The molecule has 1 heterocycles. The third-order valence-electron chi connectivity index (χ3n) is 3.50. The fourth-order valence-corrected chi connectivity index (χ4v) is 2.36. The van der Waals surface area contributed by atoms with Gasteiger partial charge in [0.05, 0.1) is 52.1 Å². The Balaban J connectivity index is 2.66. The summed E-state index contributed by atoms with van der Waals surface area (Å²) < 4.78 is 84.8. The van der Waals surface area contributed by atoms with Gasteiger partial charge in [0, 0.05) is 5.92 Å². The van der Waals surface area contributed by atoms with Crippen molar-refractivity contribution in [2.45, 2.75) is 6.10 Å². The van der Waals surface area contributed by atoms with Crippen molar-refractivity contribution in [2.24, 2.45) is 11.8 Å². The summed E-state index contributed by atoms with van der Waals surface area (Å²) in [5.74, 6) is -4.75. The first-order chi connectivity index (χ1) is 14.0. The first-order valence-electron chi connectivity index (χ1n) is 10.7. The molecule has 3 atom stereocenters. The van der Waals surface area contributed by atoms with Gasteiger partial charge >= 0.3 is 5.97 Å². The lowest BCUT2D eigenvalue weighted by molar-refractivity contribution is -0.144. The molecule has 1 N–H and O–H groups in total. The highest BCUT2D eigenvalue weighted by atomic mass is 16.5. The molecule has 1 aromatic rings. The van der Waals surface area contributed by atoms with Gasteiger partial charge in [0.25, 0.3) is 0 Å². The zero-order valence-electron chi connectivity index (χ0n) is 20.4. The first kappa shape index (κ1) is 7.87. The number of ether oxygens (including phenoxy) is 4. The third-order valence-corrected chi connectivity index (χ3v) is 3.50. The minimum atomic E-state index is -3.12. The van der Waals surface area contributed by atoms with E-state index in [0.29, 0.717) is 0 Å². The number of rotatable bonds is 6. The molecule has 6 nitrogen and oxygen atoms in total. The van der Waals surface area contributed by atoms with Gasteiger partial charge in [-0.3, -0.25) is 4.79 Å². The lowest BCUT2D eigenvalue weighted by Gasteiger charge is -2.21. The molecule has 0 spiro atoms. The Morgan fingerprint density at radius 2 is 2.00 bits per heavy atom. The van der Waals surface area contributed by atoms with Crippen LogP contribution in [0.15, 0.2) is 24.8 Å². The van der Waals surface area contributed by atoms with Crippen LogP contribution in [0.25, 0.3) is 0 Å². The molecule has 0 bridgehead atoms. The first-order valence-corrected chi connectivity index (χ1v) is 6.23. The molecule has 1 saturated heterocycles. The van der Waals surface area contributed by atoms with Crippen LogP contribution in [0, 0.1) is 11.8 Å². The lowest BCUT2D eigenvalue weighted by atomic mass is 9.86. The molecule has 2 rings (SSSR count). The van der Waals surface area contributed by atoms with Crippen LogP contribution in [0.4, 0.5) is 0 Å². The number of esters is 1. The van der Waals surface area contributed by atoms with Crippen LogP contribution in [0.5, 0.6) is 17.2 Å². The third kappa shape index (κ3) is 2.74. The monoisotopic (exact) mass is 317 g/mol. The Bertz CT molecular complexity index is 793. The van der Waals surface area contributed by atoms with Crippen LogP contribution >= 0.6 is 0 Å². The number of hydrogen-bond acceptors (Lipinski definition) is 6. The highest BCUT2D eigenvalue weighted by molar-refractivity contribution is 5.76. The van der Waals surface area contributed by atoms with E-state index in [1.54, 1.807) is 0 Å². The second kappa shape index (κ2) is 6.70. The van der Waals surface area contributed by atoms with Gasteiger partial charge in [-0.15, -0.1) is 6.58 Å². The maximum atomic E-state index is 12.1. The van der Waals surface area contributed by atoms with Crippen molar-refractivity contribution < 1.29 is 41.2 Å². The summed E-state index contributed by atoms with van der Waals surface area (Å²) in [6.45, 7) is 3.53. The number of aliphatic hydroxyl groups excluding tert-OH is 1. The van der Waals surface area contributed by atoms with Gasteiger partial charge in [0.15, 0.2) is 11.5 Å². The van der Waals surface area contributed by atoms with Crippen LogP contribution < -0.4 is 14.2 Å². The molecule has 0 amide bonds. The van der Waals surface area contributed by atoms with E-state index in [4.69, 9.17) is 31.3 Å². The summed E-state index contributed by atoms with van der Waals surface area (Å²) >= 11 is 0. The minimum absolute atomic E-state index is 0.0401. The smallest absolute Gasteiger partial charge is 0.312 e. The highest BCUT2D eigenvalue weighted by Gasteiger charge is 2.41. The molecule has 0 radical (unpaired) electrons. The van der Waals surface area contributed by atoms with Gasteiger partial charge in [-0.25, -0.2) is 0 Å². The van der Waals surface area contributed by atoms with E-state index in [-0.39, 0.29) is 12.2 Å². The Morgan fingerprint density at radius 1 is 1.36 bits per heavy atom. The topological polar surface area (TPSA) is 74.2 Å². The molecule has 1 fully saturated rings. The molecule has 22 heavy (non-hydrogen) atoms. The maximum Gasteiger partial charge on any atom is 0.312 e. The van der Waals surface area contributed by atoms with E-state index in [1.165, 1.54) is 6.08 Å². The second-order valence-corrected chi connectivity index (χ2v) is 4.65. The van der Waals surface area contributed by atoms with Crippen molar-refractivity contribution in [3.63, 3.8) is 0 Å². The zero-order chi connectivity index (χ0) is 23.8. The molecular weight excluding hydrogens is 288 g/mol. The molecule has 6 heteroatoms. The number of carbonyl (C=O) groups excluding carboxylic acids is 1. The predicted octanol–water partition coefficient (Wildman–Crippen LogP) is 1.72. The Morgan fingerprint density at radius 3 is 2.55 bits per heavy atom. The number of hydrogen-bond donors (Lipinski definition) is 1. The lowest BCUT2D eigenvalue weighted by Crippen LogP contribution is -2.23. The van der Waals surface area contributed by atoms with Gasteiger partial charge in [0.2, 0.25) is 5.75 Å². The molecule has 120 valence electrons. The number of methoxy groups -OCH3 is 3. The summed E-state index contributed by atoms with van der Waals surface area (Å²) in [4.78, 5) is 12.1. The number of aliphatic hydroxyl groups is 1. The van der Waals surface area contributed by atoms with Crippen molar-refractivity contribution in [1.29, 1.82) is 0 Å². The molecule has 0 saturated carbocycles. The van der Waals surface area contributed by atoms with E-state index < -0.39 is 62.3 Å². The summed E-state index contributed by atoms with van der Waals surface area (Å²) in [5.41, 5.74) is -0.188. The van der Waals surface area contributed by atoms with E-state index in [0.717, 1.165) is 12.1 Å². The fraction of sp³-hybridized carbons (Fsp3) is 0.438.